The van der Waals surface area contributed by atoms with Gasteiger partial charge in [0.1, 0.15) is 5.00 Å². The number of fused-ring (bicyclic) bond motifs is 3. The van der Waals surface area contributed by atoms with Crippen LogP contribution in [0.15, 0.2) is 58.9 Å². The maximum absolute atomic E-state index is 4.93. The van der Waals surface area contributed by atoms with E-state index < -0.39 is 0 Å². The maximum Gasteiger partial charge on any atom is 0.109 e. The van der Waals surface area contributed by atoms with Crippen LogP contribution in [0.4, 0.5) is 0 Å². The van der Waals surface area contributed by atoms with Crippen LogP contribution in [-0.2, 0) is 13.1 Å². The van der Waals surface area contributed by atoms with Crippen molar-refractivity contribution in [2.45, 2.75) is 13.1 Å². The number of rotatable bonds is 3. The van der Waals surface area contributed by atoms with Gasteiger partial charge in [-0.1, -0.05) is 30.3 Å². The van der Waals surface area contributed by atoms with Crippen molar-refractivity contribution in [2.75, 3.05) is 14.1 Å². The van der Waals surface area contributed by atoms with Gasteiger partial charge < -0.3 is 9.47 Å². The van der Waals surface area contributed by atoms with E-state index in [1.165, 1.54) is 27.5 Å². The lowest BCUT2D eigenvalue weighted by atomic mass is 10.0. The molecule has 1 aliphatic heterocycles. The molecule has 0 radical (unpaired) electrons. The zero-order valence-electron chi connectivity index (χ0n) is 13.4. The Labute approximate surface area is 140 Å². The first-order chi connectivity index (χ1) is 11.2. The third kappa shape index (κ3) is 2.54. The quantitative estimate of drug-likeness (QED) is 0.715. The summed E-state index contributed by atoms with van der Waals surface area (Å²) in [5, 5.41) is 3.44. The highest BCUT2D eigenvalue weighted by atomic mass is 32.1. The second-order valence-corrected chi connectivity index (χ2v) is 6.95. The molecule has 3 nitrogen and oxygen atoms in total. The van der Waals surface area contributed by atoms with Crippen LogP contribution in [0.1, 0.15) is 22.5 Å². The number of nitrogens with zero attached hydrogens (tertiary/aromatic N) is 3. The topological polar surface area (TPSA) is 20.5 Å². The fourth-order valence-electron chi connectivity index (χ4n) is 3.10. The van der Waals surface area contributed by atoms with E-state index in [1.54, 1.807) is 11.3 Å². The molecule has 1 aromatic carbocycles. The predicted octanol–water partition coefficient (Wildman–Crippen LogP) is 3.95. The number of hydrogen-bond acceptors (Lipinski definition) is 3. The number of hydrogen-bond donors (Lipinski definition) is 0. The van der Waals surface area contributed by atoms with Crippen molar-refractivity contribution >= 4 is 17.0 Å². The van der Waals surface area contributed by atoms with E-state index in [0.717, 1.165) is 18.8 Å². The van der Waals surface area contributed by atoms with Gasteiger partial charge in [0.15, 0.2) is 0 Å². The number of thiophene rings is 1. The minimum absolute atomic E-state index is 0.721. The second kappa shape index (κ2) is 5.80. The van der Waals surface area contributed by atoms with Gasteiger partial charge in [-0.05, 0) is 37.7 Å². The van der Waals surface area contributed by atoms with Gasteiger partial charge in [0.25, 0.3) is 0 Å². The van der Waals surface area contributed by atoms with Gasteiger partial charge in [0.2, 0.25) is 0 Å². The fourth-order valence-corrected chi connectivity index (χ4v) is 4.06. The highest BCUT2D eigenvalue weighted by Crippen LogP contribution is 2.31. The molecule has 0 amide bonds. The third-order valence-corrected chi connectivity index (χ3v) is 4.97. The van der Waals surface area contributed by atoms with Gasteiger partial charge in [-0.25, -0.2) is 0 Å². The molecule has 116 valence electrons. The molecule has 0 saturated carbocycles. The first-order valence-corrected chi connectivity index (χ1v) is 8.64. The summed E-state index contributed by atoms with van der Waals surface area (Å²) in [6.07, 6.45) is 0. The van der Waals surface area contributed by atoms with Gasteiger partial charge in [-0.2, -0.15) is 0 Å². The van der Waals surface area contributed by atoms with Gasteiger partial charge in [-0.3, -0.25) is 4.99 Å². The molecule has 0 N–H and O–H groups in total. The highest BCUT2D eigenvalue weighted by Gasteiger charge is 2.21. The molecule has 2 aromatic heterocycles. The van der Waals surface area contributed by atoms with E-state index in [4.69, 9.17) is 4.99 Å². The Balaban J connectivity index is 1.87. The molecule has 0 unspecified atom stereocenters. The van der Waals surface area contributed by atoms with Crippen LogP contribution < -0.4 is 0 Å². The van der Waals surface area contributed by atoms with E-state index in [9.17, 15) is 0 Å². The molecule has 0 spiro atoms. The Morgan fingerprint density at radius 2 is 1.91 bits per heavy atom. The average Bonchev–Trinajstić information content (AvgIpc) is 3.12. The van der Waals surface area contributed by atoms with Crippen LogP contribution in [0.5, 0.6) is 0 Å². The zero-order valence-corrected chi connectivity index (χ0v) is 14.2. The van der Waals surface area contributed by atoms with Crippen LogP contribution in [0.3, 0.4) is 0 Å². The summed E-state index contributed by atoms with van der Waals surface area (Å²) in [7, 11) is 4.22. The predicted molar refractivity (Wildman–Crippen MR) is 96.8 cm³/mol. The fraction of sp³-hybridized carbons (Fsp3) is 0.211. The Hall–Kier alpha value is -2.17. The van der Waals surface area contributed by atoms with Gasteiger partial charge >= 0.3 is 0 Å². The van der Waals surface area contributed by atoms with Crippen molar-refractivity contribution in [2.24, 2.45) is 4.99 Å². The molecule has 4 rings (SSSR count). The number of aromatic nitrogens is 1. The van der Waals surface area contributed by atoms with Gasteiger partial charge in [0, 0.05) is 29.1 Å². The highest BCUT2D eigenvalue weighted by molar-refractivity contribution is 7.13. The summed E-state index contributed by atoms with van der Waals surface area (Å²) in [4.78, 5) is 7.14. The molecule has 23 heavy (non-hydrogen) atoms. The van der Waals surface area contributed by atoms with Crippen LogP contribution >= 0.6 is 11.3 Å². The summed E-state index contributed by atoms with van der Waals surface area (Å²) in [5.41, 5.74) is 6.10. The van der Waals surface area contributed by atoms with E-state index in [2.05, 4.69) is 71.4 Å². The maximum atomic E-state index is 4.93. The first kappa shape index (κ1) is 14.4. The first-order valence-electron chi connectivity index (χ1n) is 7.76. The monoisotopic (exact) mass is 321 g/mol. The summed E-state index contributed by atoms with van der Waals surface area (Å²) in [6, 6.07) is 17.1. The van der Waals surface area contributed by atoms with Crippen LogP contribution in [-0.4, -0.2) is 29.3 Å². The summed E-state index contributed by atoms with van der Waals surface area (Å²) in [5.74, 6) is 0. The molecule has 3 heterocycles. The largest absolute Gasteiger partial charge is 0.306 e. The standard InChI is InChI=1S/C19H19N3S/c1-21(2)13-16-9-8-15-12-20-18(14-6-4-3-5-7-14)17-10-11-23-19(17)22(15)16/h3-11H,12-13H2,1-2H3. The Bertz CT molecular complexity index is 856. The van der Waals surface area contributed by atoms with Crippen molar-refractivity contribution in [3.63, 3.8) is 0 Å². The normalized spacial score (nSPS) is 13.4. The minimum Gasteiger partial charge on any atom is -0.306 e. The lowest BCUT2D eigenvalue weighted by Crippen LogP contribution is -2.14. The van der Waals surface area contributed by atoms with Crippen molar-refractivity contribution in [3.8, 4) is 5.00 Å². The average molecular weight is 321 g/mol. The molecule has 4 heteroatoms. The molecule has 0 fully saturated rings. The smallest absolute Gasteiger partial charge is 0.109 e. The number of aliphatic imine (C=N–C) groups is 1. The summed E-state index contributed by atoms with van der Waals surface area (Å²) in [6.45, 7) is 1.65. The molecular formula is C19H19N3S. The van der Waals surface area contributed by atoms with Crippen LogP contribution in [0, 0.1) is 0 Å². The minimum atomic E-state index is 0.721. The van der Waals surface area contributed by atoms with Crippen molar-refractivity contribution in [1.82, 2.24) is 9.47 Å². The van der Waals surface area contributed by atoms with Crippen LogP contribution in [0.25, 0.3) is 5.00 Å². The number of benzene rings is 1. The lowest BCUT2D eigenvalue weighted by Gasteiger charge is -2.14. The molecular weight excluding hydrogens is 302 g/mol. The van der Waals surface area contributed by atoms with Gasteiger partial charge in [-0.15, -0.1) is 11.3 Å². The van der Waals surface area contributed by atoms with Crippen molar-refractivity contribution in [1.29, 1.82) is 0 Å². The Morgan fingerprint density at radius 3 is 2.70 bits per heavy atom. The lowest BCUT2D eigenvalue weighted by molar-refractivity contribution is 0.394. The Morgan fingerprint density at radius 1 is 1.09 bits per heavy atom. The zero-order chi connectivity index (χ0) is 15.8. The SMILES string of the molecule is CN(C)Cc1ccc2n1-c1sccc1C(c1ccccc1)=NC2. The molecule has 1 aliphatic rings. The summed E-state index contributed by atoms with van der Waals surface area (Å²) >= 11 is 1.79. The van der Waals surface area contributed by atoms with Gasteiger partial charge in [0.05, 0.1) is 12.3 Å². The van der Waals surface area contributed by atoms with E-state index in [0.29, 0.717) is 0 Å². The van der Waals surface area contributed by atoms with Crippen molar-refractivity contribution < 1.29 is 0 Å². The molecule has 3 aromatic rings. The molecule has 0 bridgehead atoms. The molecule has 0 atom stereocenters. The van der Waals surface area contributed by atoms with E-state index in [1.807, 2.05) is 6.07 Å². The third-order valence-electron chi connectivity index (χ3n) is 4.07. The second-order valence-electron chi connectivity index (χ2n) is 6.06. The summed E-state index contributed by atoms with van der Waals surface area (Å²) < 4.78 is 2.39. The molecule has 0 aliphatic carbocycles. The Kier molecular flexibility index (Phi) is 3.63. The van der Waals surface area contributed by atoms with Crippen LogP contribution in [0.2, 0.25) is 0 Å². The van der Waals surface area contributed by atoms with E-state index >= 15 is 0 Å². The van der Waals surface area contributed by atoms with E-state index in [-0.39, 0.29) is 0 Å². The molecule has 0 saturated heterocycles. The van der Waals surface area contributed by atoms with Crippen molar-refractivity contribution in [3.05, 3.63) is 76.4 Å².